The molecule has 0 bridgehead atoms. The molecule has 124 valence electrons. The van der Waals surface area contributed by atoms with Gasteiger partial charge in [0.15, 0.2) is 0 Å². The quantitative estimate of drug-likeness (QED) is 0.772. The van der Waals surface area contributed by atoms with Crippen molar-refractivity contribution >= 4 is 17.3 Å². The van der Waals surface area contributed by atoms with Crippen molar-refractivity contribution in [3.05, 3.63) is 84.4 Å². The van der Waals surface area contributed by atoms with Gasteiger partial charge < -0.3 is 10.2 Å². The van der Waals surface area contributed by atoms with Crippen LogP contribution in [-0.4, -0.2) is 19.0 Å². The van der Waals surface area contributed by atoms with Crippen LogP contribution in [0.2, 0.25) is 0 Å². The molecule has 0 radical (unpaired) electrons. The Labute approximate surface area is 147 Å². The summed E-state index contributed by atoms with van der Waals surface area (Å²) in [6.45, 7) is 1.28. The van der Waals surface area contributed by atoms with Gasteiger partial charge in [0.05, 0.1) is 6.54 Å². The number of carbonyl (C=O) groups excluding carboxylic acids is 1. The number of anilines is 2. The minimum absolute atomic E-state index is 0.0157. The van der Waals surface area contributed by atoms with Crippen LogP contribution in [0.4, 0.5) is 11.4 Å². The second-order valence-electron chi connectivity index (χ2n) is 6.30. The molecule has 3 heteroatoms. The van der Waals surface area contributed by atoms with Crippen LogP contribution in [0.25, 0.3) is 11.1 Å². The topological polar surface area (TPSA) is 32.3 Å². The molecular weight excluding hydrogens is 308 g/mol. The molecule has 3 aromatic rings. The summed E-state index contributed by atoms with van der Waals surface area (Å²) in [5.41, 5.74) is 5.58. The second-order valence-corrected chi connectivity index (χ2v) is 6.30. The zero-order valence-corrected chi connectivity index (χ0v) is 14.0. The minimum atomic E-state index is 0.0157. The van der Waals surface area contributed by atoms with Crippen molar-refractivity contribution in [2.24, 2.45) is 0 Å². The lowest BCUT2D eigenvalue weighted by molar-refractivity contribution is -0.115. The van der Waals surface area contributed by atoms with E-state index in [1.807, 2.05) is 42.5 Å². The first-order chi connectivity index (χ1) is 12.3. The fourth-order valence-corrected chi connectivity index (χ4v) is 3.35. The maximum atomic E-state index is 12.5. The Morgan fingerprint density at radius 2 is 1.64 bits per heavy atom. The van der Waals surface area contributed by atoms with Crippen LogP contribution in [-0.2, 0) is 11.2 Å². The number of amides is 1. The number of fused-ring (bicyclic) bond motifs is 1. The molecule has 1 aliphatic rings. The van der Waals surface area contributed by atoms with E-state index in [1.54, 1.807) is 0 Å². The standard InChI is InChI=1S/C22H20N2O/c25-22(16-24-14-13-18-9-4-5-12-21(18)24)23-20-11-6-10-19(15-20)17-7-2-1-3-8-17/h1-12,15H,13-14,16H2,(H,23,25). The van der Waals surface area contributed by atoms with Crippen molar-refractivity contribution < 1.29 is 4.79 Å². The average Bonchev–Trinajstić information content (AvgIpc) is 3.06. The zero-order valence-electron chi connectivity index (χ0n) is 14.0. The van der Waals surface area contributed by atoms with Gasteiger partial charge in [0.2, 0.25) is 5.91 Å². The Morgan fingerprint density at radius 3 is 2.52 bits per heavy atom. The van der Waals surface area contributed by atoms with E-state index in [-0.39, 0.29) is 5.91 Å². The van der Waals surface area contributed by atoms with Crippen molar-refractivity contribution in [1.29, 1.82) is 0 Å². The molecule has 0 atom stereocenters. The number of nitrogens with one attached hydrogen (secondary N) is 1. The van der Waals surface area contributed by atoms with Gasteiger partial charge in [-0.2, -0.15) is 0 Å². The summed E-state index contributed by atoms with van der Waals surface area (Å²) in [7, 11) is 0. The van der Waals surface area contributed by atoms with Crippen LogP contribution >= 0.6 is 0 Å². The molecule has 0 unspecified atom stereocenters. The van der Waals surface area contributed by atoms with Crippen LogP contribution in [0, 0.1) is 0 Å². The number of para-hydroxylation sites is 1. The van der Waals surface area contributed by atoms with E-state index in [0.717, 1.165) is 29.8 Å². The van der Waals surface area contributed by atoms with E-state index >= 15 is 0 Å². The van der Waals surface area contributed by atoms with Crippen LogP contribution in [0.1, 0.15) is 5.56 Å². The number of rotatable bonds is 4. The van der Waals surface area contributed by atoms with E-state index in [4.69, 9.17) is 0 Å². The largest absolute Gasteiger partial charge is 0.362 e. The highest BCUT2D eigenvalue weighted by Gasteiger charge is 2.20. The SMILES string of the molecule is O=C(CN1CCc2ccccc21)Nc1cccc(-c2ccccc2)c1. The van der Waals surface area contributed by atoms with Crippen LogP contribution in [0.3, 0.4) is 0 Å². The molecule has 1 heterocycles. The van der Waals surface area contributed by atoms with Gasteiger partial charge >= 0.3 is 0 Å². The summed E-state index contributed by atoms with van der Waals surface area (Å²) in [5.74, 6) is 0.0157. The molecule has 0 saturated heterocycles. The van der Waals surface area contributed by atoms with Gasteiger partial charge in [-0.3, -0.25) is 4.79 Å². The Morgan fingerprint density at radius 1 is 0.880 bits per heavy atom. The lowest BCUT2D eigenvalue weighted by Crippen LogP contribution is -2.31. The highest BCUT2D eigenvalue weighted by molar-refractivity contribution is 5.95. The Bertz CT molecular complexity index is 889. The fraction of sp³-hybridized carbons (Fsp3) is 0.136. The van der Waals surface area contributed by atoms with Crippen LogP contribution in [0.5, 0.6) is 0 Å². The Kier molecular flexibility index (Phi) is 4.21. The summed E-state index contributed by atoms with van der Waals surface area (Å²) in [5, 5.41) is 3.03. The summed E-state index contributed by atoms with van der Waals surface area (Å²) in [6.07, 6.45) is 1.01. The third-order valence-electron chi connectivity index (χ3n) is 4.57. The van der Waals surface area contributed by atoms with Crippen molar-refractivity contribution in [3.8, 4) is 11.1 Å². The highest BCUT2D eigenvalue weighted by Crippen LogP contribution is 2.27. The number of carbonyl (C=O) groups is 1. The van der Waals surface area contributed by atoms with Gasteiger partial charge in [0.1, 0.15) is 0 Å². The Hall–Kier alpha value is -3.07. The molecular formula is C22H20N2O. The zero-order chi connectivity index (χ0) is 17.1. The molecule has 0 fully saturated rings. The number of hydrogen-bond acceptors (Lipinski definition) is 2. The van der Waals surface area contributed by atoms with E-state index in [0.29, 0.717) is 6.54 Å². The van der Waals surface area contributed by atoms with Gasteiger partial charge in [-0.25, -0.2) is 0 Å². The predicted octanol–water partition coefficient (Wildman–Crippen LogP) is 4.35. The summed E-state index contributed by atoms with van der Waals surface area (Å²) >= 11 is 0. The van der Waals surface area contributed by atoms with E-state index < -0.39 is 0 Å². The molecule has 3 nitrogen and oxygen atoms in total. The van der Waals surface area contributed by atoms with Gasteiger partial charge in [0, 0.05) is 17.9 Å². The maximum Gasteiger partial charge on any atom is 0.243 e. The average molecular weight is 328 g/mol. The number of benzene rings is 3. The third-order valence-corrected chi connectivity index (χ3v) is 4.57. The predicted molar refractivity (Wildman–Crippen MR) is 103 cm³/mol. The molecule has 0 aliphatic carbocycles. The monoisotopic (exact) mass is 328 g/mol. The highest BCUT2D eigenvalue weighted by atomic mass is 16.2. The summed E-state index contributed by atoms with van der Waals surface area (Å²) in [6, 6.07) is 26.5. The van der Waals surface area contributed by atoms with Gasteiger partial charge in [-0.05, 0) is 41.3 Å². The normalized spacial score (nSPS) is 12.7. The molecule has 1 N–H and O–H groups in total. The molecule has 0 aromatic heterocycles. The molecule has 1 amide bonds. The molecule has 3 aromatic carbocycles. The minimum Gasteiger partial charge on any atom is -0.362 e. The molecule has 4 rings (SSSR count). The first-order valence-corrected chi connectivity index (χ1v) is 8.58. The molecule has 1 aliphatic heterocycles. The first kappa shape index (κ1) is 15.5. The van der Waals surface area contributed by atoms with E-state index in [1.165, 1.54) is 11.3 Å². The third kappa shape index (κ3) is 3.41. The Balaban J connectivity index is 1.45. The lowest BCUT2D eigenvalue weighted by Gasteiger charge is -2.19. The van der Waals surface area contributed by atoms with Gasteiger partial charge in [0.25, 0.3) is 0 Å². The van der Waals surface area contributed by atoms with Crippen molar-refractivity contribution in [2.45, 2.75) is 6.42 Å². The van der Waals surface area contributed by atoms with Crippen molar-refractivity contribution in [3.63, 3.8) is 0 Å². The summed E-state index contributed by atoms with van der Waals surface area (Å²) in [4.78, 5) is 14.6. The fourth-order valence-electron chi connectivity index (χ4n) is 3.35. The maximum absolute atomic E-state index is 12.5. The first-order valence-electron chi connectivity index (χ1n) is 8.58. The molecule has 0 spiro atoms. The van der Waals surface area contributed by atoms with E-state index in [9.17, 15) is 4.79 Å². The van der Waals surface area contributed by atoms with Crippen molar-refractivity contribution in [1.82, 2.24) is 0 Å². The van der Waals surface area contributed by atoms with Crippen LogP contribution < -0.4 is 10.2 Å². The number of hydrogen-bond donors (Lipinski definition) is 1. The summed E-state index contributed by atoms with van der Waals surface area (Å²) < 4.78 is 0. The van der Waals surface area contributed by atoms with E-state index in [2.05, 4.69) is 46.6 Å². The number of nitrogens with zero attached hydrogens (tertiary/aromatic N) is 1. The van der Waals surface area contributed by atoms with Gasteiger partial charge in [-0.1, -0.05) is 60.7 Å². The van der Waals surface area contributed by atoms with Gasteiger partial charge in [-0.15, -0.1) is 0 Å². The second kappa shape index (κ2) is 6.81. The van der Waals surface area contributed by atoms with Crippen molar-refractivity contribution in [2.75, 3.05) is 23.3 Å². The molecule has 25 heavy (non-hydrogen) atoms. The smallest absolute Gasteiger partial charge is 0.243 e. The molecule has 0 saturated carbocycles. The lowest BCUT2D eigenvalue weighted by atomic mass is 10.1. The van der Waals surface area contributed by atoms with Crippen LogP contribution in [0.15, 0.2) is 78.9 Å².